The van der Waals surface area contributed by atoms with Gasteiger partial charge in [0.1, 0.15) is 19.3 Å². The van der Waals surface area contributed by atoms with Crippen LogP contribution in [0.15, 0.2) is 48.6 Å². The number of ether oxygens (including phenoxy) is 1. The van der Waals surface area contributed by atoms with Crippen LogP contribution in [0.1, 0.15) is 278 Å². The van der Waals surface area contributed by atoms with Crippen LogP contribution < -0.4 is 10.2 Å². The minimum atomic E-state index is -4.70. The lowest BCUT2D eigenvalue weighted by Crippen LogP contribution is -2.47. The fraction of sp³-hybridized carbons (Fsp3) is 0.836. The van der Waals surface area contributed by atoms with E-state index in [-0.39, 0.29) is 24.9 Å². The lowest BCUT2D eigenvalue weighted by molar-refractivity contribution is -0.870. The van der Waals surface area contributed by atoms with E-state index < -0.39 is 26.6 Å². The molecule has 3 atom stereocenters. The number of allylic oxidation sites excluding steroid dienone is 7. The average Bonchev–Trinajstić information content (AvgIpc) is 3.33. The summed E-state index contributed by atoms with van der Waals surface area (Å²) in [6.45, 7) is 6.72. The van der Waals surface area contributed by atoms with Crippen molar-refractivity contribution in [2.24, 2.45) is 0 Å². The molecule has 71 heavy (non-hydrogen) atoms. The Morgan fingerprint density at radius 1 is 0.507 bits per heavy atom. The van der Waals surface area contributed by atoms with Crippen molar-refractivity contribution in [3.63, 3.8) is 0 Å². The molecule has 0 radical (unpaired) electrons. The molecule has 1 N–H and O–H groups in total. The van der Waals surface area contributed by atoms with Crippen LogP contribution in [0.5, 0.6) is 0 Å². The summed E-state index contributed by atoms with van der Waals surface area (Å²) in [6, 6.07) is -0.896. The molecule has 0 aliphatic carbocycles. The number of unbranched alkanes of at least 4 members (excludes halogenated alkanes) is 34. The van der Waals surface area contributed by atoms with Crippen molar-refractivity contribution in [3.8, 4) is 0 Å². The number of nitrogens with one attached hydrogen (secondary N) is 1. The summed E-state index contributed by atoms with van der Waals surface area (Å²) in [5.41, 5.74) is 0. The molecule has 0 saturated carbocycles. The molecule has 0 aromatic rings. The van der Waals surface area contributed by atoms with Gasteiger partial charge >= 0.3 is 5.97 Å². The van der Waals surface area contributed by atoms with Crippen molar-refractivity contribution >= 4 is 19.7 Å². The Morgan fingerprint density at radius 2 is 0.901 bits per heavy atom. The zero-order chi connectivity index (χ0) is 52.2. The first-order chi connectivity index (χ1) is 34.4. The van der Waals surface area contributed by atoms with Gasteiger partial charge in [-0.2, -0.15) is 0 Å². The van der Waals surface area contributed by atoms with Gasteiger partial charge in [0.15, 0.2) is 0 Å². The smallest absolute Gasteiger partial charge is 0.306 e. The first-order valence-electron chi connectivity index (χ1n) is 30.0. The molecular weight excluding hydrogens is 904 g/mol. The number of phosphoric ester groups is 1. The van der Waals surface area contributed by atoms with Gasteiger partial charge in [-0.3, -0.25) is 14.2 Å². The molecule has 0 fully saturated rings. The SMILES string of the molecule is CC/C=C/C=C/C=C\CCCCCCCC(=O)NC(COP(=O)([O-])OCC[N+](C)(C)C)C(/C=C\CCCCCCCCCCCCC)OC(=O)CCCCCCCCCCCCCCCCCCCCC. The summed E-state index contributed by atoms with van der Waals surface area (Å²) in [7, 11) is 1.17. The van der Waals surface area contributed by atoms with Gasteiger partial charge in [0.2, 0.25) is 5.91 Å². The number of phosphoric acid groups is 1. The summed E-state index contributed by atoms with van der Waals surface area (Å²) in [4.78, 5) is 39.9. The normalized spacial score (nSPS) is 14.1. The van der Waals surface area contributed by atoms with Crippen molar-refractivity contribution < 1.29 is 37.3 Å². The van der Waals surface area contributed by atoms with Gasteiger partial charge < -0.3 is 28.5 Å². The van der Waals surface area contributed by atoms with Gasteiger partial charge in [-0.05, 0) is 51.0 Å². The Hall–Kier alpha value is -2.03. The third kappa shape index (κ3) is 52.6. The molecule has 0 heterocycles. The summed E-state index contributed by atoms with van der Waals surface area (Å²) in [5.74, 6) is -0.556. The highest BCUT2D eigenvalue weighted by atomic mass is 31.2. The third-order valence-electron chi connectivity index (χ3n) is 13.3. The fourth-order valence-corrected chi connectivity index (χ4v) is 9.42. The predicted molar refractivity (Wildman–Crippen MR) is 302 cm³/mol. The first-order valence-corrected chi connectivity index (χ1v) is 31.4. The Balaban J connectivity index is 5.28. The Morgan fingerprint density at radius 3 is 1.34 bits per heavy atom. The highest BCUT2D eigenvalue weighted by molar-refractivity contribution is 7.45. The van der Waals surface area contributed by atoms with Crippen LogP contribution in [0.4, 0.5) is 0 Å². The molecule has 3 unspecified atom stereocenters. The van der Waals surface area contributed by atoms with Crippen molar-refractivity contribution in [2.75, 3.05) is 40.9 Å². The molecule has 416 valence electrons. The van der Waals surface area contributed by atoms with E-state index in [0.717, 1.165) is 77.0 Å². The number of nitrogens with zero attached hydrogens (tertiary/aromatic N) is 1. The van der Waals surface area contributed by atoms with Crippen LogP contribution in [0.25, 0.3) is 0 Å². The zero-order valence-corrected chi connectivity index (χ0v) is 48.3. The van der Waals surface area contributed by atoms with E-state index in [4.69, 9.17) is 13.8 Å². The second-order valence-electron chi connectivity index (χ2n) is 21.5. The van der Waals surface area contributed by atoms with Gasteiger partial charge in [-0.15, -0.1) is 0 Å². The number of esters is 1. The van der Waals surface area contributed by atoms with E-state index in [2.05, 4.69) is 62.5 Å². The number of hydrogen-bond acceptors (Lipinski definition) is 7. The van der Waals surface area contributed by atoms with Crippen LogP contribution >= 0.6 is 7.82 Å². The molecule has 0 aromatic heterocycles. The van der Waals surface area contributed by atoms with Gasteiger partial charge in [-0.25, -0.2) is 0 Å². The predicted octanol–water partition coefficient (Wildman–Crippen LogP) is 17.5. The second kappa shape index (κ2) is 51.5. The van der Waals surface area contributed by atoms with Crippen LogP contribution in [0.3, 0.4) is 0 Å². The molecule has 0 saturated heterocycles. The summed E-state index contributed by atoms with van der Waals surface area (Å²) in [5, 5.41) is 3.01. The fourth-order valence-electron chi connectivity index (χ4n) is 8.70. The molecular formula is C61H115N2O7P. The molecule has 0 spiro atoms. The lowest BCUT2D eigenvalue weighted by Gasteiger charge is -2.30. The number of carbonyl (C=O) groups is 2. The van der Waals surface area contributed by atoms with Crippen molar-refractivity contribution in [2.45, 2.75) is 290 Å². The monoisotopic (exact) mass is 1020 g/mol. The lowest BCUT2D eigenvalue weighted by atomic mass is 10.0. The Labute approximate surface area is 439 Å². The summed E-state index contributed by atoms with van der Waals surface area (Å²) < 4.78 is 30.3. The molecule has 0 bridgehead atoms. The number of likely N-dealkylation sites (N-methyl/N-ethyl adjacent to an activating group) is 1. The van der Waals surface area contributed by atoms with Gasteiger partial charge in [0.05, 0.1) is 33.8 Å². The molecule has 9 nitrogen and oxygen atoms in total. The van der Waals surface area contributed by atoms with E-state index >= 15 is 0 Å². The molecule has 10 heteroatoms. The minimum absolute atomic E-state index is 0.0258. The second-order valence-corrected chi connectivity index (χ2v) is 23.0. The van der Waals surface area contributed by atoms with Crippen LogP contribution in [0.2, 0.25) is 0 Å². The van der Waals surface area contributed by atoms with E-state index in [1.807, 2.05) is 33.3 Å². The van der Waals surface area contributed by atoms with E-state index in [1.165, 1.54) is 161 Å². The zero-order valence-electron chi connectivity index (χ0n) is 47.4. The Kier molecular flexibility index (Phi) is 50.0. The van der Waals surface area contributed by atoms with Gasteiger partial charge in [0.25, 0.3) is 7.82 Å². The molecule has 0 aromatic carbocycles. The Bertz CT molecular complexity index is 1360. The molecule has 0 aliphatic rings. The van der Waals surface area contributed by atoms with Crippen LogP contribution in [-0.4, -0.2) is 69.4 Å². The minimum Gasteiger partial charge on any atom is -0.756 e. The number of hydrogen-bond donors (Lipinski definition) is 1. The van der Waals surface area contributed by atoms with Crippen molar-refractivity contribution in [1.82, 2.24) is 5.32 Å². The maximum absolute atomic E-state index is 13.5. The standard InChI is InChI=1S/C61H115N2O7P/c1-7-10-13-16-19-22-25-28-29-30-31-32-33-36-39-42-45-48-51-54-61(65)70-59(52-49-46-43-40-37-34-26-23-20-17-14-11-8-2)58(57-69-71(66,67)68-56-55-63(4,5)6)62-60(64)53-50-47-44-41-38-35-27-24-21-18-15-12-9-3/h12,15,18,21,24,27,49,52,58-59H,7-11,13-14,16-17,19-20,22-23,25-26,28-48,50-51,53-57H2,1-6H3,(H-,62,64,66,67)/b15-12+,21-18+,27-24-,52-49-. The first kappa shape index (κ1) is 69.0. The number of carbonyl (C=O) groups excluding carboxylic acids is 2. The summed E-state index contributed by atoms with van der Waals surface area (Å²) in [6.07, 6.45) is 62.2. The highest BCUT2D eigenvalue weighted by Gasteiger charge is 2.27. The maximum atomic E-state index is 13.5. The van der Waals surface area contributed by atoms with Gasteiger partial charge in [0, 0.05) is 12.8 Å². The van der Waals surface area contributed by atoms with Gasteiger partial charge in [-0.1, -0.05) is 262 Å². The average molecular weight is 1020 g/mol. The molecule has 0 aliphatic heterocycles. The largest absolute Gasteiger partial charge is 0.756 e. The molecule has 1 amide bonds. The highest BCUT2D eigenvalue weighted by Crippen LogP contribution is 2.38. The van der Waals surface area contributed by atoms with E-state index in [1.54, 1.807) is 0 Å². The number of quaternary nitrogens is 1. The third-order valence-corrected chi connectivity index (χ3v) is 14.3. The van der Waals surface area contributed by atoms with Crippen LogP contribution in [-0.2, 0) is 27.9 Å². The quantitative estimate of drug-likeness (QED) is 0.0161. The molecule has 0 rings (SSSR count). The topological polar surface area (TPSA) is 114 Å². The van der Waals surface area contributed by atoms with E-state index in [9.17, 15) is 19.0 Å². The van der Waals surface area contributed by atoms with Crippen molar-refractivity contribution in [3.05, 3.63) is 48.6 Å². The maximum Gasteiger partial charge on any atom is 0.306 e. The van der Waals surface area contributed by atoms with Crippen molar-refractivity contribution in [1.29, 1.82) is 0 Å². The summed E-state index contributed by atoms with van der Waals surface area (Å²) >= 11 is 0. The number of rotatable bonds is 54. The number of amides is 1. The van der Waals surface area contributed by atoms with Crippen LogP contribution in [0, 0.1) is 0 Å². The van der Waals surface area contributed by atoms with E-state index in [0.29, 0.717) is 23.9 Å².